The fourth-order valence-corrected chi connectivity index (χ4v) is 5.18. The van der Waals surface area contributed by atoms with Crippen molar-refractivity contribution in [1.29, 1.82) is 0 Å². The van der Waals surface area contributed by atoms with Gasteiger partial charge in [0, 0.05) is 36.7 Å². The summed E-state index contributed by atoms with van der Waals surface area (Å²) in [5.41, 5.74) is 2.90. The van der Waals surface area contributed by atoms with Crippen LogP contribution in [-0.4, -0.2) is 43.6 Å². The fourth-order valence-electron chi connectivity index (χ4n) is 5.18. The van der Waals surface area contributed by atoms with Gasteiger partial charge in [0.05, 0.1) is 11.4 Å². The molecule has 3 heterocycles. The van der Waals surface area contributed by atoms with Gasteiger partial charge in [0.1, 0.15) is 23.5 Å². The van der Waals surface area contributed by atoms with Crippen LogP contribution in [0.1, 0.15) is 32.2 Å². The number of carbonyl (C=O) groups is 1. The quantitative estimate of drug-likeness (QED) is 0.404. The average molecular weight is 464 g/mol. The number of carbonyl (C=O) groups excluding carboxylic acids is 1. The Morgan fingerprint density at radius 3 is 2.57 bits per heavy atom. The minimum absolute atomic E-state index is 0.0554. The molecule has 2 aromatic carbocycles. The first-order chi connectivity index (χ1) is 17.1. The molecule has 0 unspecified atom stereocenters. The number of aromatic nitrogens is 4. The van der Waals surface area contributed by atoms with Crippen molar-refractivity contribution in [3.05, 3.63) is 67.1 Å². The Bertz CT molecular complexity index is 1440. The van der Waals surface area contributed by atoms with Gasteiger partial charge in [-0.15, -0.1) is 0 Å². The molecule has 0 atom stereocenters. The number of amides is 1. The first-order valence-electron chi connectivity index (χ1n) is 11.9. The molecule has 7 heteroatoms. The van der Waals surface area contributed by atoms with Gasteiger partial charge < -0.3 is 9.64 Å². The number of hydrogen-bond acceptors (Lipinski definition) is 5. The van der Waals surface area contributed by atoms with Crippen molar-refractivity contribution in [1.82, 2.24) is 24.6 Å². The minimum atomic E-state index is -0.0554. The summed E-state index contributed by atoms with van der Waals surface area (Å²) in [5, 5.41) is 5.92. The van der Waals surface area contributed by atoms with E-state index in [1.54, 1.807) is 6.33 Å². The summed E-state index contributed by atoms with van der Waals surface area (Å²) >= 11 is 0. The smallest absolute Gasteiger partial charge is 0.298 e. The zero-order valence-corrected chi connectivity index (χ0v) is 19.5. The van der Waals surface area contributed by atoms with Crippen LogP contribution in [0, 0.1) is 17.3 Å². The van der Waals surface area contributed by atoms with Gasteiger partial charge in [0.2, 0.25) is 0 Å². The van der Waals surface area contributed by atoms with E-state index in [9.17, 15) is 4.79 Å². The van der Waals surface area contributed by atoms with E-state index in [2.05, 4.69) is 21.8 Å². The maximum Gasteiger partial charge on any atom is 0.298 e. The van der Waals surface area contributed by atoms with E-state index in [0.717, 1.165) is 59.7 Å². The summed E-state index contributed by atoms with van der Waals surface area (Å²) in [7, 11) is 0. The molecule has 2 fully saturated rings. The molecule has 7 nitrogen and oxygen atoms in total. The molecular weight excluding hydrogens is 438 g/mol. The van der Waals surface area contributed by atoms with Crippen molar-refractivity contribution >= 4 is 16.9 Å². The van der Waals surface area contributed by atoms with E-state index in [1.807, 2.05) is 77.3 Å². The van der Waals surface area contributed by atoms with Gasteiger partial charge in [-0.05, 0) is 55.2 Å². The van der Waals surface area contributed by atoms with Crippen LogP contribution in [0.2, 0.25) is 0 Å². The predicted octanol–water partition coefficient (Wildman–Crippen LogP) is 4.86. The zero-order chi connectivity index (χ0) is 23.8. The number of benzene rings is 2. The summed E-state index contributed by atoms with van der Waals surface area (Å²) in [5.74, 6) is 7.11. The number of hydrogen-bond donors (Lipinski definition) is 0. The highest BCUT2D eigenvalue weighted by Gasteiger charge is 2.54. The normalized spacial score (nSPS) is 16.3. The molecule has 1 saturated carbocycles. The Hall–Kier alpha value is -4.18. The maximum atomic E-state index is 12.1. The Labute approximate surface area is 203 Å². The van der Waals surface area contributed by atoms with Gasteiger partial charge in [-0.3, -0.25) is 4.79 Å². The van der Waals surface area contributed by atoms with E-state index in [-0.39, 0.29) is 17.4 Å². The van der Waals surface area contributed by atoms with Gasteiger partial charge in [0.15, 0.2) is 5.65 Å². The molecule has 1 aliphatic carbocycles. The van der Waals surface area contributed by atoms with Gasteiger partial charge in [-0.2, -0.15) is 5.10 Å². The van der Waals surface area contributed by atoms with Gasteiger partial charge >= 0.3 is 0 Å². The SMILES string of the molecule is CCC#CC(=O)N1CC2(CC(n3nc(-c4ccc(Oc5ccccc5)cc4)c4cncnc43)C2)C1. The topological polar surface area (TPSA) is 73.1 Å². The molecule has 1 aliphatic heterocycles. The summed E-state index contributed by atoms with van der Waals surface area (Å²) in [6, 6.07) is 17.9. The molecule has 4 aromatic rings. The van der Waals surface area contributed by atoms with E-state index >= 15 is 0 Å². The van der Waals surface area contributed by atoms with E-state index in [0.29, 0.717) is 6.42 Å². The first-order valence-corrected chi connectivity index (χ1v) is 11.9. The lowest BCUT2D eigenvalue weighted by atomic mass is 9.60. The van der Waals surface area contributed by atoms with Crippen LogP contribution in [0.25, 0.3) is 22.3 Å². The Morgan fingerprint density at radius 2 is 1.83 bits per heavy atom. The van der Waals surface area contributed by atoms with Crippen molar-refractivity contribution in [3.63, 3.8) is 0 Å². The summed E-state index contributed by atoms with van der Waals surface area (Å²) in [6.45, 7) is 3.52. The second-order valence-corrected chi connectivity index (χ2v) is 9.37. The largest absolute Gasteiger partial charge is 0.457 e. The lowest BCUT2D eigenvalue weighted by Gasteiger charge is -2.58. The molecule has 2 aromatic heterocycles. The molecular formula is C28H25N5O2. The maximum absolute atomic E-state index is 12.1. The van der Waals surface area contributed by atoms with Gasteiger partial charge in [-0.1, -0.05) is 31.0 Å². The van der Waals surface area contributed by atoms with Crippen LogP contribution < -0.4 is 4.74 Å². The highest BCUT2D eigenvalue weighted by molar-refractivity contribution is 5.94. The number of para-hydroxylation sites is 1. The number of fused-ring (bicyclic) bond motifs is 1. The van der Waals surface area contributed by atoms with Gasteiger partial charge in [-0.25, -0.2) is 14.6 Å². The molecule has 0 radical (unpaired) electrons. The lowest BCUT2D eigenvalue weighted by molar-refractivity contribution is -0.147. The van der Waals surface area contributed by atoms with Crippen LogP contribution in [-0.2, 0) is 4.79 Å². The average Bonchev–Trinajstić information content (AvgIpc) is 3.22. The molecule has 0 bridgehead atoms. The van der Waals surface area contributed by atoms with Crippen LogP contribution in [0.15, 0.2) is 67.1 Å². The Morgan fingerprint density at radius 1 is 1.09 bits per heavy atom. The van der Waals surface area contributed by atoms with E-state index < -0.39 is 0 Å². The predicted molar refractivity (Wildman–Crippen MR) is 133 cm³/mol. The van der Waals surface area contributed by atoms with Crippen molar-refractivity contribution in [2.24, 2.45) is 5.41 Å². The first kappa shape index (κ1) is 21.4. The van der Waals surface area contributed by atoms with E-state index in [1.165, 1.54) is 0 Å². The van der Waals surface area contributed by atoms with Crippen LogP contribution in [0.5, 0.6) is 11.5 Å². The third kappa shape index (κ3) is 3.91. The number of nitrogens with zero attached hydrogens (tertiary/aromatic N) is 5. The molecule has 0 N–H and O–H groups in total. The fraction of sp³-hybridized carbons (Fsp3) is 0.286. The number of likely N-dealkylation sites (tertiary alicyclic amines) is 1. The summed E-state index contributed by atoms with van der Waals surface area (Å²) in [4.78, 5) is 22.8. The third-order valence-corrected chi connectivity index (χ3v) is 6.87. The molecule has 1 saturated heterocycles. The molecule has 1 amide bonds. The summed E-state index contributed by atoms with van der Waals surface area (Å²) in [6.07, 6.45) is 6.09. The van der Waals surface area contributed by atoms with Gasteiger partial charge in [0.25, 0.3) is 5.91 Å². The third-order valence-electron chi connectivity index (χ3n) is 6.87. The summed E-state index contributed by atoms with van der Waals surface area (Å²) < 4.78 is 7.98. The number of rotatable bonds is 4. The van der Waals surface area contributed by atoms with Crippen LogP contribution in [0.3, 0.4) is 0 Å². The van der Waals surface area contributed by atoms with Crippen molar-refractivity contribution in [3.8, 4) is 34.6 Å². The molecule has 1 spiro atoms. The molecule has 35 heavy (non-hydrogen) atoms. The Kier molecular flexibility index (Phi) is 5.22. The van der Waals surface area contributed by atoms with Crippen LogP contribution in [0.4, 0.5) is 0 Å². The second kappa shape index (κ2) is 8.55. The Balaban J connectivity index is 1.20. The molecule has 174 valence electrons. The van der Waals surface area contributed by atoms with E-state index in [4.69, 9.17) is 9.84 Å². The molecule has 2 aliphatic rings. The molecule has 6 rings (SSSR count). The van der Waals surface area contributed by atoms with Crippen molar-refractivity contribution < 1.29 is 9.53 Å². The zero-order valence-electron chi connectivity index (χ0n) is 19.5. The number of ether oxygens (including phenoxy) is 1. The highest BCUT2D eigenvalue weighted by atomic mass is 16.5. The lowest BCUT2D eigenvalue weighted by Crippen LogP contribution is -2.63. The standard InChI is InChI=1S/C28H25N5O2/c1-2-3-9-25(34)32-17-28(18-32)14-21(15-28)33-27-24(16-29-19-30-27)26(31-33)20-10-12-23(13-11-20)35-22-7-5-4-6-8-22/h4-8,10-13,16,19,21H,2,14-15,17-18H2,1H3. The highest BCUT2D eigenvalue weighted by Crippen LogP contribution is 2.54. The van der Waals surface area contributed by atoms with Crippen molar-refractivity contribution in [2.45, 2.75) is 32.2 Å². The second-order valence-electron chi connectivity index (χ2n) is 9.37. The monoisotopic (exact) mass is 463 g/mol. The van der Waals surface area contributed by atoms with Crippen LogP contribution >= 0.6 is 0 Å². The van der Waals surface area contributed by atoms with Crippen molar-refractivity contribution in [2.75, 3.05) is 13.1 Å². The minimum Gasteiger partial charge on any atom is -0.457 e.